The first-order valence-corrected chi connectivity index (χ1v) is 10.9. The van der Waals surface area contributed by atoms with Crippen molar-refractivity contribution in [3.8, 4) is 11.5 Å². The van der Waals surface area contributed by atoms with E-state index < -0.39 is 39.6 Å². The molecule has 0 saturated heterocycles. The van der Waals surface area contributed by atoms with E-state index in [1.807, 2.05) is 0 Å². The number of methoxy groups -OCH3 is 3. The number of halogens is 2. The minimum atomic E-state index is -4.09. The lowest BCUT2D eigenvalue weighted by Gasteiger charge is -2.28. The van der Waals surface area contributed by atoms with Crippen molar-refractivity contribution in [2.75, 3.05) is 37.2 Å². The summed E-state index contributed by atoms with van der Waals surface area (Å²) in [7, 11) is -0.253. The van der Waals surface area contributed by atoms with E-state index in [4.69, 9.17) is 14.2 Å². The Morgan fingerprint density at radius 3 is 2.09 bits per heavy atom. The standard InChI is InChI=1S/C20H22F2N2O7S/c1-11(24(32(5,27)28)12-6-7-14(21)15(22)8-12)19(25)23-16-10-18(30-3)17(29-2)9-13(16)20(26)31-4/h6-11H,1-5H3,(H,23,25). The summed E-state index contributed by atoms with van der Waals surface area (Å²) < 4.78 is 67.4. The van der Waals surface area contributed by atoms with Gasteiger partial charge in [-0.1, -0.05) is 0 Å². The van der Waals surface area contributed by atoms with E-state index in [-0.39, 0.29) is 28.4 Å². The second kappa shape index (κ2) is 9.81. The number of hydrogen-bond donors (Lipinski definition) is 1. The van der Waals surface area contributed by atoms with Gasteiger partial charge in [-0.2, -0.15) is 0 Å². The molecule has 0 bridgehead atoms. The van der Waals surface area contributed by atoms with Gasteiger partial charge in [-0.25, -0.2) is 22.0 Å². The summed E-state index contributed by atoms with van der Waals surface area (Å²) in [6.45, 7) is 1.25. The van der Waals surface area contributed by atoms with Crippen LogP contribution in [-0.2, 0) is 19.6 Å². The summed E-state index contributed by atoms with van der Waals surface area (Å²) in [5, 5.41) is 2.45. The summed E-state index contributed by atoms with van der Waals surface area (Å²) in [6.07, 6.45) is 0.814. The minimum Gasteiger partial charge on any atom is -0.493 e. The van der Waals surface area contributed by atoms with Crippen LogP contribution >= 0.6 is 0 Å². The number of amides is 1. The van der Waals surface area contributed by atoms with Crippen molar-refractivity contribution in [2.24, 2.45) is 0 Å². The Hall–Kier alpha value is -3.41. The van der Waals surface area contributed by atoms with Crippen LogP contribution in [0.3, 0.4) is 0 Å². The predicted molar refractivity (Wildman–Crippen MR) is 113 cm³/mol. The van der Waals surface area contributed by atoms with E-state index in [1.54, 1.807) is 0 Å². The number of anilines is 2. The Morgan fingerprint density at radius 1 is 1.00 bits per heavy atom. The number of nitrogens with one attached hydrogen (secondary N) is 1. The Balaban J connectivity index is 2.49. The van der Waals surface area contributed by atoms with Crippen molar-refractivity contribution in [3.05, 3.63) is 47.5 Å². The number of ether oxygens (including phenoxy) is 3. The Morgan fingerprint density at radius 2 is 1.59 bits per heavy atom. The van der Waals surface area contributed by atoms with Crippen LogP contribution in [-0.4, -0.2) is 53.9 Å². The largest absolute Gasteiger partial charge is 0.493 e. The SMILES string of the molecule is COC(=O)c1cc(OC)c(OC)cc1NC(=O)C(C)N(c1ccc(F)c(F)c1)S(C)(=O)=O. The van der Waals surface area contributed by atoms with E-state index in [0.29, 0.717) is 10.4 Å². The molecule has 0 aliphatic rings. The molecule has 0 fully saturated rings. The van der Waals surface area contributed by atoms with E-state index in [2.05, 4.69) is 5.32 Å². The average Bonchev–Trinajstić information content (AvgIpc) is 2.74. The molecular formula is C20H22F2N2O7S. The molecular weight excluding hydrogens is 450 g/mol. The van der Waals surface area contributed by atoms with Gasteiger partial charge in [0.25, 0.3) is 0 Å². The minimum absolute atomic E-state index is 0.0370. The molecule has 1 amide bonds. The number of hydrogen-bond acceptors (Lipinski definition) is 7. The number of rotatable bonds is 8. The van der Waals surface area contributed by atoms with Crippen LogP contribution in [0.25, 0.3) is 0 Å². The van der Waals surface area contributed by atoms with Gasteiger partial charge in [0, 0.05) is 18.2 Å². The Bertz CT molecular complexity index is 1140. The quantitative estimate of drug-likeness (QED) is 0.588. The highest BCUT2D eigenvalue weighted by molar-refractivity contribution is 7.92. The fourth-order valence-corrected chi connectivity index (χ4v) is 4.10. The van der Waals surface area contributed by atoms with Gasteiger partial charge in [0.2, 0.25) is 15.9 Å². The third-order valence-electron chi connectivity index (χ3n) is 4.43. The smallest absolute Gasteiger partial charge is 0.340 e. The first kappa shape index (κ1) is 24.9. The highest BCUT2D eigenvalue weighted by Crippen LogP contribution is 2.34. The lowest BCUT2D eigenvalue weighted by Crippen LogP contribution is -2.45. The molecule has 0 saturated carbocycles. The van der Waals surface area contributed by atoms with Gasteiger partial charge in [-0.3, -0.25) is 9.10 Å². The summed E-state index contributed by atoms with van der Waals surface area (Å²) in [6, 6.07) is 3.62. The van der Waals surface area contributed by atoms with Crippen molar-refractivity contribution in [1.29, 1.82) is 0 Å². The Kier molecular flexibility index (Phi) is 7.62. The fourth-order valence-electron chi connectivity index (χ4n) is 2.93. The van der Waals surface area contributed by atoms with Crippen molar-refractivity contribution < 1.29 is 41.0 Å². The first-order chi connectivity index (χ1) is 14.9. The van der Waals surface area contributed by atoms with Crippen molar-refractivity contribution in [3.63, 3.8) is 0 Å². The molecule has 1 N–H and O–H groups in total. The molecule has 32 heavy (non-hydrogen) atoms. The molecule has 0 spiro atoms. The second-order valence-corrected chi connectivity index (χ2v) is 8.43. The molecule has 0 aromatic heterocycles. The maximum absolute atomic E-state index is 13.7. The van der Waals surface area contributed by atoms with Gasteiger partial charge in [0.05, 0.1) is 44.5 Å². The third-order valence-corrected chi connectivity index (χ3v) is 5.67. The van der Waals surface area contributed by atoms with Crippen molar-refractivity contribution in [1.82, 2.24) is 0 Å². The van der Waals surface area contributed by atoms with Gasteiger partial charge in [-0.15, -0.1) is 0 Å². The van der Waals surface area contributed by atoms with Crippen molar-refractivity contribution in [2.45, 2.75) is 13.0 Å². The normalized spacial score (nSPS) is 12.0. The van der Waals surface area contributed by atoms with Crippen LogP contribution in [0, 0.1) is 11.6 Å². The zero-order chi connectivity index (χ0) is 24.2. The van der Waals surface area contributed by atoms with Crippen LogP contribution in [0.1, 0.15) is 17.3 Å². The molecule has 2 aromatic carbocycles. The summed E-state index contributed by atoms with van der Waals surface area (Å²) >= 11 is 0. The molecule has 0 aliphatic heterocycles. The molecule has 9 nitrogen and oxygen atoms in total. The van der Waals surface area contributed by atoms with Crippen LogP contribution in [0.5, 0.6) is 11.5 Å². The molecule has 1 unspecified atom stereocenters. The molecule has 0 radical (unpaired) electrons. The van der Waals surface area contributed by atoms with E-state index >= 15 is 0 Å². The van der Waals surface area contributed by atoms with Crippen LogP contribution in [0.4, 0.5) is 20.2 Å². The summed E-state index contributed by atoms with van der Waals surface area (Å²) in [4.78, 5) is 25.1. The summed E-state index contributed by atoms with van der Waals surface area (Å²) in [5.74, 6) is -3.74. The number of nitrogens with zero attached hydrogens (tertiary/aromatic N) is 1. The maximum Gasteiger partial charge on any atom is 0.340 e. The number of carbonyl (C=O) groups excluding carboxylic acids is 2. The lowest BCUT2D eigenvalue weighted by atomic mass is 10.1. The van der Waals surface area contributed by atoms with Crippen LogP contribution in [0.15, 0.2) is 30.3 Å². The molecule has 174 valence electrons. The van der Waals surface area contributed by atoms with Gasteiger partial charge in [0.1, 0.15) is 6.04 Å². The van der Waals surface area contributed by atoms with E-state index in [1.165, 1.54) is 33.3 Å². The number of sulfonamides is 1. The third kappa shape index (κ3) is 5.25. The molecule has 0 heterocycles. The number of benzene rings is 2. The Labute approximate surface area is 183 Å². The monoisotopic (exact) mass is 472 g/mol. The highest BCUT2D eigenvalue weighted by atomic mass is 32.2. The first-order valence-electron chi connectivity index (χ1n) is 9.04. The topological polar surface area (TPSA) is 111 Å². The molecule has 12 heteroatoms. The molecule has 2 aromatic rings. The van der Waals surface area contributed by atoms with Gasteiger partial charge >= 0.3 is 5.97 Å². The van der Waals surface area contributed by atoms with Gasteiger partial charge in [0.15, 0.2) is 23.1 Å². The molecule has 0 aliphatic carbocycles. The van der Waals surface area contributed by atoms with Gasteiger partial charge < -0.3 is 19.5 Å². The van der Waals surface area contributed by atoms with Crippen LogP contribution < -0.4 is 19.1 Å². The average molecular weight is 472 g/mol. The number of carbonyl (C=O) groups is 2. The second-order valence-electron chi connectivity index (χ2n) is 6.57. The fraction of sp³-hybridized carbons (Fsp3) is 0.300. The molecule has 1 atom stereocenters. The maximum atomic E-state index is 13.7. The highest BCUT2D eigenvalue weighted by Gasteiger charge is 2.31. The van der Waals surface area contributed by atoms with Gasteiger partial charge in [-0.05, 0) is 19.1 Å². The van der Waals surface area contributed by atoms with E-state index in [9.17, 15) is 26.8 Å². The van der Waals surface area contributed by atoms with Crippen molar-refractivity contribution >= 4 is 33.3 Å². The van der Waals surface area contributed by atoms with Crippen LogP contribution in [0.2, 0.25) is 0 Å². The zero-order valence-electron chi connectivity index (χ0n) is 17.9. The predicted octanol–water partition coefficient (Wildman–Crippen LogP) is 2.56. The molecule has 2 rings (SSSR count). The van der Waals surface area contributed by atoms with E-state index in [0.717, 1.165) is 25.5 Å². The number of esters is 1. The summed E-state index contributed by atoms with van der Waals surface area (Å²) in [5.41, 5.74) is -0.371. The lowest BCUT2D eigenvalue weighted by molar-refractivity contribution is -0.116. The zero-order valence-corrected chi connectivity index (χ0v) is 18.7.